The minimum Gasteiger partial charge on any atom is -0.493 e. The van der Waals surface area contributed by atoms with Crippen LogP contribution >= 0.6 is 11.8 Å². The van der Waals surface area contributed by atoms with Gasteiger partial charge in [-0.05, 0) is 98.6 Å². The summed E-state index contributed by atoms with van der Waals surface area (Å²) in [6.45, 7) is 5.76. The number of oxime groups is 1. The molecule has 5 aliphatic rings. The third-order valence-corrected chi connectivity index (χ3v) is 14.5. The van der Waals surface area contributed by atoms with Gasteiger partial charge in [0.2, 0.25) is 18.0 Å². The Morgan fingerprint density at radius 1 is 1.00 bits per heavy atom. The maximum Gasteiger partial charge on any atom is 0.239 e. The highest BCUT2D eigenvalue weighted by atomic mass is 32.2. The lowest BCUT2D eigenvalue weighted by Gasteiger charge is -2.59. The molecule has 60 heavy (non-hydrogen) atoms. The van der Waals surface area contributed by atoms with Gasteiger partial charge in [0.25, 0.3) is 0 Å². The van der Waals surface area contributed by atoms with Crippen molar-refractivity contribution < 1.29 is 38.8 Å². The van der Waals surface area contributed by atoms with Crippen LogP contribution < -0.4 is 9.47 Å². The summed E-state index contributed by atoms with van der Waals surface area (Å²) in [5.41, 5.74) is 2.90. The molecular formula is C49H68N2O8S. The Morgan fingerprint density at radius 3 is 2.53 bits per heavy atom. The number of ether oxygens (including phenoxy) is 4. The van der Waals surface area contributed by atoms with Crippen molar-refractivity contribution in [1.29, 1.82) is 0 Å². The molecule has 7 atom stereocenters. The zero-order chi connectivity index (χ0) is 41.7. The van der Waals surface area contributed by atoms with Crippen molar-refractivity contribution in [3.05, 3.63) is 78.4 Å². The minimum atomic E-state index is -1.25. The van der Waals surface area contributed by atoms with Crippen LogP contribution in [0.3, 0.4) is 0 Å². The van der Waals surface area contributed by atoms with Gasteiger partial charge in [-0.25, -0.2) is 0 Å². The van der Waals surface area contributed by atoms with Crippen molar-refractivity contribution in [2.75, 3.05) is 45.8 Å². The summed E-state index contributed by atoms with van der Waals surface area (Å²) < 4.78 is 26.9. The van der Waals surface area contributed by atoms with Gasteiger partial charge in [-0.1, -0.05) is 74.0 Å². The maximum absolute atomic E-state index is 14.4. The van der Waals surface area contributed by atoms with Crippen molar-refractivity contribution in [2.45, 2.75) is 132 Å². The maximum atomic E-state index is 14.4. The van der Waals surface area contributed by atoms with Gasteiger partial charge in [0.15, 0.2) is 0 Å². The fraction of sp³-hybridized carbons (Fsp3) is 0.633. The van der Waals surface area contributed by atoms with Crippen molar-refractivity contribution in [2.24, 2.45) is 28.8 Å². The van der Waals surface area contributed by atoms with E-state index < -0.39 is 18.1 Å². The predicted octanol–water partition coefficient (Wildman–Crippen LogP) is 9.45. The molecule has 0 aromatic heterocycles. The van der Waals surface area contributed by atoms with Crippen LogP contribution in [-0.4, -0.2) is 90.7 Å². The molecule has 0 bridgehead atoms. The number of likely N-dealkylation sites (N-methyl/N-ethyl adjacent to an activating group) is 1. The number of amides is 1. The van der Waals surface area contributed by atoms with Gasteiger partial charge in [0, 0.05) is 61.7 Å². The molecule has 1 amide bonds. The van der Waals surface area contributed by atoms with E-state index in [0.717, 1.165) is 91.9 Å². The van der Waals surface area contributed by atoms with Gasteiger partial charge < -0.3 is 38.9 Å². The van der Waals surface area contributed by atoms with E-state index in [1.807, 2.05) is 30.1 Å². The lowest BCUT2D eigenvalue weighted by molar-refractivity contribution is -0.256. The molecule has 2 aromatic rings. The van der Waals surface area contributed by atoms with E-state index in [1.165, 1.54) is 30.6 Å². The summed E-state index contributed by atoms with van der Waals surface area (Å²) in [5, 5.41) is 24.8. The molecule has 328 valence electrons. The van der Waals surface area contributed by atoms with Crippen LogP contribution in [0.25, 0.3) is 0 Å². The fourth-order valence-electron chi connectivity index (χ4n) is 10.5. The summed E-state index contributed by atoms with van der Waals surface area (Å²) in [5.74, 6) is 1.59. The molecule has 3 fully saturated rings. The van der Waals surface area contributed by atoms with Crippen LogP contribution in [0.2, 0.25) is 0 Å². The Bertz CT molecular complexity index is 1740. The Labute approximate surface area is 362 Å². The lowest BCUT2D eigenvalue weighted by atomic mass is 9.55. The summed E-state index contributed by atoms with van der Waals surface area (Å²) in [6.07, 6.45) is 18.1. The molecule has 1 unspecified atom stereocenters. The lowest BCUT2D eigenvalue weighted by Crippen LogP contribution is -2.69. The largest absolute Gasteiger partial charge is 0.493 e. The van der Waals surface area contributed by atoms with Crippen molar-refractivity contribution in [1.82, 2.24) is 4.90 Å². The highest BCUT2D eigenvalue weighted by Gasteiger charge is 2.65. The molecule has 0 spiro atoms. The molecule has 11 heteroatoms. The van der Waals surface area contributed by atoms with Crippen LogP contribution in [0.5, 0.6) is 11.5 Å². The summed E-state index contributed by atoms with van der Waals surface area (Å²) in [4.78, 5) is 23.8. The van der Waals surface area contributed by atoms with E-state index in [1.54, 1.807) is 17.8 Å². The molecule has 0 radical (unpaired) electrons. The number of benzene rings is 2. The quantitative estimate of drug-likeness (QED) is 0.0517. The number of aliphatic hydroxyl groups excluding tert-OH is 2. The first-order chi connectivity index (χ1) is 29.5. The molecule has 1 saturated heterocycles. The first-order valence-electron chi connectivity index (χ1n) is 22.9. The van der Waals surface area contributed by atoms with Crippen LogP contribution in [-0.2, 0) is 19.1 Å². The number of aliphatic hydroxyl groups is 2. The number of fused-ring (bicyclic) bond motifs is 2. The average molecular weight is 845 g/mol. The number of carbonyl (C=O) groups excluding carboxylic acids is 1. The highest BCUT2D eigenvalue weighted by molar-refractivity contribution is 7.99. The first-order valence-corrected chi connectivity index (χ1v) is 23.9. The van der Waals surface area contributed by atoms with E-state index in [-0.39, 0.29) is 49.4 Å². The first kappa shape index (κ1) is 44.7. The molecule has 2 aromatic carbocycles. The summed E-state index contributed by atoms with van der Waals surface area (Å²) in [6, 6.07) is 16.0. The normalized spacial score (nSPS) is 28.0. The van der Waals surface area contributed by atoms with Crippen molar-refractivity contribution in [3.8, 4) is 11.5 Å². The second-order valence-corrected chi connectivity index (χ2v) is 18.5. The van der Waals surface area contributed by atoms with Gasteiger partial charge in [0.05, 0.1) is 31.5 Å². The van der Waals surface area contributed by atoms with Gasteiger partial charge in [-0.15, -0.1) is 18.3 Å². The Kier molecular flexibility index (Phi) is 16.5. The number of nitrogens with zero attached hydrogens (tertiary/aromatic N) is 2. The molecule has 2 saturated carbocycles. The molecular weight excluding hydrogens is 777 g/mol. The number of carbonyl (C=O) groups is 1. The smallest absolute Gasteiger partial charge is 0.239 e. The van der Waals surface area contributed by atoms with Gasteiger partial charge in [-0.3, -0.25) is 4.79 Å². The molecule has 7 rings (SSSR count). The number of thioether (sulfide) groups is 1. The minimum absolute atomic E-state index is 0.0806. The van der Waals surface area contributed by atoms with Crippen molar-refractivity contribution >= 4 is 23.4 Å². The molecule has 2 aliphatic heterocycles. The van der Waals surface area contributed by atoms with Crippen molar-refractivity contribution in [3.63, 3.8) is 0 Å². The number of hydrogen-bond acceptors (Lipinski definition) is 10. The third kappa shape index (κ3) is 10.6. The number of unbranched alkanes of at least 4 members (excludes halogenated alkanes) is 2. The van der Waals surface area contributed by atoms with Gasteiger partial charge >= 0.3 is 0 Å². The monoisotopic (exact) mass is 844 g/mol. The Balaban J connectivity index is 1.31. The second kappa shape index (κ2) is 22.1. The standard InChI is InChI=1S/C49H68N2O8S/c1-3-28-57-49-44(51(2)45(54)25-22-35-15-7-8-16-35)34-42(50-59-46-21-11-14-29-56-46)40-32-36(17-9-12-26-52)39(20-10-13-27-53)47(48(40)49)41-33-37(23-24-43(41)58-49)55-30-31-60-38-18-5-4-6-19-38/h3-6,18-19,23-24,32-33,35-36,39,44,46-48,52-53H,1,7-17,20-22,25-31,34H2,2H3/t36-,39+,44-,46?,47+,48+,49+/m0/s1. The van der Waals surface area contributed by atoms with Crippen LogP contribution in [0.4, 0.5) is 0 Å². The SMILES string of the molecule is C=CCO[C@@]12Oc3ccc(OCCSc4ccccc4)cc3[C@H]3[C@H](CCCCO)[C@@H](CCCCO)C=C(C(=NOC4CCCCO4)C[C@@H]1N(C)C(=O)CCC1CCCC1)[C@H]32. The fourth-order valence-corrected chi connectivity index (χ4v) is 11.3. The number of allylic oxidation sites excluding steroid dienone is 1. The predicted molar refractivity (Wildman–Crippen MR) is 236 cm³/mol. The van der Waals surface area contributed by atoms with Crippen LogP contribution in [0.15, 0.2) is 82.9 Å². The molecule has 2 N–H and O–H groups in total. The Morgan fingerprint density at radius 2 is 1.78 bits per heavy atom. The van der Waals surface area contributed by atoms with E-state index in [2.05, 4.69) is 43.0 Å². The zero-order valence-electron chi connectivity index (χ0n) is 35.7. The van der Waals surface area contributed by atoms with E-state index in [9.17, 15) is 15.0 Å². The average Bonchev–Trinajstić information content (AvgIpc) is 3.81. The summed E-state index contributed by atoms with van der Waals surface area (Å²) in [7, 11) is 1.91. The highest BCUT2D eigenvalue weighted by Crippen LogP contribution is 2.62. The van der Waals surface area contributed by atoms with E-state index >= 15 is 0 Å². The molecule has 2 heterocycles. The molecule has 3 aliphatic carbocycles. The topological polar surface area (TPSA) is 119 Å². The second-order valence-electron chi connectivity index (χ2n) is 17.4. The number of hydrogen-bond donors (Lipinski definition) is 2. The van der Waals surface area contributed by atoms with Crippen LogP contribution in [0.1, 0.15) is 114 Å². The number of rotatable bonds is 22. The Hall–Kier alpha value is -3.35. The zero-order valence-corrected chi connectivity index (χ0v) is 36.5. The third-order valence-electron chi connectivity index (χ3n) is 13.5. The van der Waals surface area contributed by atoms with Gasteiger partial charge in [-0.2, -0.15) is 0 Å². The summed E-state index contributed by atoms with van der Waals surface area (Å²) >= 11 is 1.77. The van der Waals surface area contributed by atoms with Crippen LogP contribution in [0, 0.1) is 23.7 Å². The van der Waals surface area contributed by atoms with E-state index in [0.29, 0.717) is 38.4 Å². The van der Waals surface area contributed by atoms with E-state index in [4.69, 9.17) is 28.9 Å². The van der Waals surface area contributed by atoms with Gasteiger partial charge in [0.1, 0.15) is 17.5 Å². The molecule has 10 nitrogen and oxygen atoms in total.